The number of halogens is 1. The van der Waals surface area contributed by atoms with Crippen LogP contribution in [0.25, 0.3) is 0 Å². The molecule has 2 aliphatic rings. The van der Waals surface area contributed by atoms with Gasteiger partial charge in [0, 0.05) is 17.7 Å². The monoisotopic (exact) mass is 324 g/mol. The van der Waals surface area contributed by atoms with Crippen molar-refractivity contribution < 1.29 is 14.6 Å². The number of carbonyl (C=O) groups is 1. The molecular formula is C15H17BrO3. The van der Waals surface area contributed by atoms with E-state index in [-0.39, 0.29) is 5.41 Å². The first-order valence-corrected chi connectivity index (χ1v) is 7.43. The Labute approximate surface area is 121 Å². The highest BCUT2D eigenvalue weighted by molar-refractivity contribution is 9.10. The van der Waals surface area contributed by atoms with E-state index in [4.69, 9.17) is 4.74 Å². The molecule has 0 bridgehead atoms. The number of hydrogen-bond acceptors (Lipinski definition) is 2. The maximum absolute atomic E-state index is 11.8. The summed E-state index contributed by atoms with van der Waals surface area (Å²) < 4.78 is 6.34. The normalized spacial score (nSPS) is 23.8. The molecule has 0 aromatic heterocycles. The zero-order valence-electron chi connectivity index (χ0n) is 10.7. The molecule has 4 heteroatoms. The topological polar surface area (TPSA) is 46.5 Å². The fraction of sp³-hybridized carbons (Fsp3) is 0.533. The lowest BCUT2D eigenvalue weighted by molar-refractivity contribution is -0.160. The maximum Gasteiger partial charge on any atom is 0.314 e. The summed E-state index contributed by atoms with van der Waals surface area (Å²) in [5, 5.41) is 9.70. The van der Waals surface area contributed by atoms with Crippen LogP contribution in [0.2, 0.25) is 0 Å². The number of rotatable bonds is 2. The third-order valence-corrected chi connectivity index (χ3v) is 5.19. The molecule has 2 fully saturated rings. The Hall–Kier alpha value is -0.870. The lowest BCUT2D eigenvalue weighted by atomic mass is 9.48. The van der Waals surface area contributed by atoms with Crippen LogP contribution in [0.5, 0.6) is 0 Å². The molecule has 1 N–H and O–H groups in total. The highest BCUT2D eigenvalue weighted by Crippen LogP contribution is 2.60. The van der Waals surface area contributed by atoms with E-state index >= 15 is 0 Å². The van der Waals surface area contributed by atoms with Crippen molar-refractivity contribution in [2.75, 3.05) is 13.2 Å². The highest BCUT2D eigenvalue weighted by atomic mass is 79.9. The molecular weight excluding hydrogens is 308 g/mol. The fourth-order valence-electron chi connectivity index (χ4n) is 3.65. The summed E-state index contributed by atoms with van der Waals surface area (Å²) in [5.74, 6) is -0.692. The molecule has 1 saturated carbocycles. The van der Waals surface area contributed by atoms with Crippen molar-refractivity contribution in [2.45, 2.75) is 31.1 Å². The van der Waals surface area contributed by atoms with Gasteiger partial charge in [-0.3, -0.25) is 4.79 Å². The second-order valence-corrected chi connectivity index (χ2v) is 6.78. The van der Waals surface area contributed by atoms with Crippen molar-refractivity contribution >= 4 is 21.9 Å². The summed E-state index contributed by atoms with van der Waals surface area (Å²) in [6.45, 7) is 1.54. The molecule has 102 valence electrons. The molecule has 3 nitrogen and oxygen atoms in total. The van der Waals surface area contributed by atoms with E-state index in [2.05, 4.69) is 15.9 Å². The molecule has 1 aromatic rings. The minimum atomic E-state index is -0.693. The van der Waals surface area contributed by atoms with E-state index in [1.165, 1.54) is 0 Å². The number of carboxylic acids is 1. The minimum Gasteiger partial charge on any atom is -0.481 e. The Bertz CT molecular complexity index is 498. The Morgan fingerprint density at radius 1 is 1.26 bits per heavy atom. The first-order chi connectivity index (χ1) is 9.06. The van der Waals surface area contributed by atoms with Crippen LogP contribution < -0.4 is 0 Å². The van der Waals surface area contributed by atoms with Gasteiger partial charge in [-0.05, 0) is 48.8 Å². The predicted octanol–water partition coefficient (Wildman–Crippen LogP) is 3.36. The van der Waals surface area contributed by atoms with Gasteiger partial charge < -0.3 is 9.84 Å². The molecule has 0 unspecified atom stereocenters. The van der Waals surface area contributed by atoms with E-state index in [0.29, 0.717) is 0 Å². The average Bonchev–Trinajstić information content (AvgIpc) is 2.36. The van der Waals surface area contributed by atoms with E-state index in [9.17, 15) is 9.90 Å². The second-order valence-electron chi connectivity index (χ2n) is 5.86. The zero-order valence-corrected chi connectivity index (χ0v) is 12.3. The Kier molecular flexibility index (Phi) is 3.18. The van der Waals surface area contributed by atoms with Crippen molar-refractivity contribution in [1.82, 2.24) is 0 Å². The van der Waals surface area contributed by atoms with Gasteiger partial charge in [0.25, 0.3) is 0 Å². The third kappa shape index (κ3) is 2.11. The van der Waals surface area contributed by atoms with E-state index in [1.807, 2.05) is 24.3 Å². The summed E-state index contributed by atoms with van der Waals surface area (Å²) >= 11 is 3.43. The van der Waals surface area contributed by atoms with Gasteiger partial charge >= 0.3 is 5.97 Å². The van der Waals surface area contributed by atoms with Crippen LogP contribution in [0.1, 0.15) is 31.2 Å². The largest absolute Gasteiger partial charge is 0.481 e. The second kappa shape index (κ2) is 4.60. The van der Waals surface area contributed by atoms with Crippen molar-refractivity contribution in [3.63, 3.8) is 0 Å². The van der Waals surface area contributed by atoms with Crippen LogP contribution in [-0.4, -0.2) is 24.3 Å². The zero-order chi connectivity index (χ0) is 13.5. The highest BCUT2D eigenvalue weighted by Gasteiger charge is 2.59. The molecule has 1 heterocycles. The number of ether oxygens (including phenoxy) is 1. The number of benzene rings is 1. The molecule has 1 aliphatic heterocycles. The first-order valence-electron chi connectivity index (χ1n) is 6.64. The quantitative estimate of drug-likeness (QED) is 0.907. The standard InChI is InChI=1S/C15H17BrO3/c16-12-3-1-2-11(8-12)15(13(17)18)9-14(10-15)4-6-19-7-5-14/h1-3,8H,4-7,9-10H2,(H,17,18). The van der Waals surface area contributed by atoms with Crippen LogP contribution in [0.3, 0.4) is 0 Å². The van der Waals surface area contributed by atoms with Crippen LogP contribution in [0.15, 0.2) is 28.7 Å². The van der Waals surface area contributed by atoms with Gasteiger partial charge in [0.15, 0.2) is 0 Å². The van der Waals surface area contributed by atoms with Gasteiger partial charge in [0.2, 0.25) is 0 Å². The molecule has 1 spiro atoms. The molecule has 1 aliphatic carbocycles. The van der Waals surface area contributed by atoms with Gasteiger partial charge in [-0.2, -0.15) is 0 Å². The molecule has 3 rings (SSSR count). The summed E-state index contributed by atoms with van der Waals surface area (Å²) in [6.07, 6.45) is 3.48. The number of carboxylic acid groups (broad SMARTS) is 1. The maximum atomic E-state index is 11.8. The smallest absolute Gasteiger partial charge is 0.314 e. The van der Waals surface area contributed by atoms with Crippen LogP contribution in [0, 0.1) is 5.41 Å². The van der Waals surface area contributed by atoms with E-state index < -0.39 is 11.4 Å². The van der Waals surface area contributed by atoms with Crippen molar-refractivity contribution in [3.05, 3.63) is 34.3 Å². The van der Waals surface area contributed by atoms with Crippen molar-refractivity contribution in [3.8, 4) is 0 Å². The summed E-state index contributed by atoms with van der Waals surface area (Å²) in [5.41, 5.74) is 0.423. The third-order valence-electron chi connectivity index (χ3n) is 4.69. The summed E-state index contributed by atoms with van der Waals surface area (Å²) in [4.78, 5) is 11.8. The van der Waals surface area contributed by atoms with Gasteiger partial charge in [-0.15, -0.1) is 0 Å². The van der Waals surface area contributed by atoms with Gasteiger partial charge in [0.05, 0.1) is 5.41 Å². The van der Waals surface area contributed by atoms with Crippen LogP contribution >= 0.6 is 15.9 Å². The van der Waals surface area contributed by atoms with Crippen LogP contribution in [0.4, 0.5) is 0 Å². The molecule has 1 saturated heterocycles. The van der Waals surface area contributed by atoms with Gasteiger partial charge in [0.1, 0.15) is 0 Å². The fourth-order valence-corrected chi connectivity index (χ4v) is 4.05. The number of aliphatic carboxylic acids is 1. The number of hydrogen-bond donors (Lipinski definition) is 1. The Morgan fingerprint density at radius 3 is 2.53 bits per heavy atom. The SMILES string of the molecule is O=C(O)C1(c2cccc(Br)c2)CC2(CCOCC2)C1. The van der Waals surface area contributed by atoms with Crippen LogP contribution in [-0.2, 0) is 14.9 Å². The summed E-state index contributed by atoms with van der Waals surface area (Å²) in [6, 6.07) is 7.73. The minimum absolute atomic E-state index is 0.193. The molecule has 0 radical (unpaired) electrons. The lowest BCUT2D eigenvalue weighted by Gasteiger charge is -2.56. The lowest BCUT2D eigenvalue weighted by Crippen LogP contribution is -2.56. The molecule has 1 aromatic carbocycles. The van der Waals surface area contributed by atoms with Gasteiger partial charge in [-0.1, -0.05) is 28.1 Å². The van der Waals surface area contributed by atoms with E-state index in [1.54, 1.807) is 0 Å². The van der Waals surface area contributed by atoms with Gasteiger partial charge in [-0.25, -0.2) is 0 Å². The predicted molar refractivity (Wildman–Crippen MR) is 75.2 cm³/mol. The average molecular weight is 325 g/mol. The van der Waals surface area contributed by atoms with E-state index in [0.717, 1.165) is 48.9 Å². The summed E-state index contributed by atoms with van der Waals surface area (Å²) in [7, 11) is 0. The van der Waals surface area contributed by atoms with Crippen molar-refractivity contribution in [1.29, 1.82) is 0 Å². The molecule has 0 atom stereocenters. The Balaban J connectivity index is 1.89. The van der Waals surface area contributed by atoms with Crippen molar-refractivity contribution in [2.24, 2.45) is 5.41 Å². The molecule has 19 heavy (non-hydrogen) atoms. The molecule has 0 amide bonds. The Morgan fingerprint density at radius 2 is 1.95 bits per heavy atom. The first kappa shape index (κ1) is 13.1.